The van der Waals surface area contributed by atoms with E-state index in [2.05, 4.69) is 46.5 Å². The van der Waals surface area contributed by atoms with Crippen molar-refractivity contribution in [2.45, 2.75) is 33.1 Å². The predicted molar refractivity (Wildman–Crippen MR) is 96.8 cm³/mol. The van der Waals surface area contributed by atoms with Crippen LogP contribution in [-0.4, -0.2) is 21.6 Å². The first-order chi connectivity index (χ1) is 11.3. The highest BCUT2D eigenvalue weighted by Crippen LogP contribution is 2.14. The Hall–Kier alpha value is -2.54. The highest BCUT2D eigenvalue weighted by Gasteiger charge is 2.05. The molecule has 0 unspecified atom stereocenters. The molecule has 24 heavy (non-hydrogen) atoms. The second kappa shape index (κ2) is 7.83. The molecule has 2 aromatic rings. The first-order valence-electron chi connectivity index (χ1n) is 7.61. The van der Waals surface area contributed by atoms with Gasteiger partial charge >= 0.3 is 0 Å². The summed E-state index contributed by atoms with van der Waals surface area (Å²) in [5.74, 6) is 0.139. The van der Waals surface area contributed by atoms with Gasteiger partial charge in [-0.15, -0.1) is 0 Å². The van der Waals surface area contributed by atoms with Crippen LogP contribution in [0.3, 0.4) is 0 Å². The molecule has 1 aromatic heterocycles. The molecule has 7 heteroatoms. The topological polar surface area (TPSA) is 90.1 Å². The number of H-pyrrole nitrogens is 2. The molecule has 0 aliphatic carbocycles. The van der Waals surface area contributed by atoms with Crippen molar-refractivity contribution in [3.05, 3.63) is 62.3 Å². The molecule has 0 fully saturated rings. The third kappa shape index (κ3) is 4.99. The summed E-state index contributed by atoms with van der Waals surface area (Å²) < 4.78 is 0.190. The lowest BCUT2D eigenvalue weighted by Crippen LogP contribution is -2.23. The normalized spacial score (nSPS) is 11.6. The van der Waals surface area contributed by atoms with E-state index in [0.717, 1.165) is 5.56 Å². The van der Waals surface area contributed by atoms with E-state index in [4.69, 9.17) is 12.2 Å². The quantitative estimate of drug-likeness (QED) is 0.442. The smallest absolute Gasteiger partial charge is 0.251 e. The Morgan fingerprint density at radius 1 is 1.25 bits per heavy atom. The summed E-state index contributed by atoms with van der Waals surface area (Å²) in [4.78, 5) is 28.4. The molecule has 1 heterocycles. The first kappa shape index (κ1) is 17.8. The summed E-state index contributed by atoms with van der Waals surface area (Å²) in [5, 5.41) is 4.10. The minimum Gasteiger partial charge on any atom is -0.335 e. The molecule has 0 bridgehead atoms. The van der Waals surface area contributed by atoms with Crippen LogP contribution in [0.4, 0.5) is 0 Å². The zero-order valence-electron chi connectivity index (χ0n) is 13.8. The lowest BCUT2D eigenvalue weighted by atomic mass is 10.0. The molecule has 0 saturated carbocycles. The molecule has 1 aromatic carbocycles. The van der Waals surface area contributed by atoms with Crippen LogP contribution in [0.25, 0.3) is 0 Å². The Bertz CT molecular complexity index is 835. The van der Waals surface area contributed by atoms with Crippen molar-refractivity contribution in [2.75, 3.05) is 0 Å². The maximum absolute atomic E-state index is 11.9. The number of hydrogen-bond donors (Lipinski definition) is 3. The molecule has 0 aliphatic rings. The van der Waals surface area contributed by atoms with Crippen LogP contribution in [0.1, 0.15) is 43.5 Å². The fourth-order valence-corrected chi connectivity index (χ4v) is 2.38. The van der Waals surface area contributed by atoms with E-state index in [1.54, 1.807) is 0 Å². The molecule has 126 valence electrons. The number of rotatable bonds is 5. The van der Waals surface area contributed by atoms with Crippen molar-refractivity contribution in [1.82, 2.24) is 15.4 Å². The summed E-state index contributed by atoms with van der Waals surface area (Å²) >= 11 is 4.87. The van der Waals surface area contributed by atoms with E-state index < -0.39 is 0 Å². The van der Waals surface area contributed by atoms with Crippen molar-refractivity contribution < 1.29 is 4.79 Å². The van der Waals surface area contributed by atoms with E-state index in [-0.39, 0.29) is 22.7 Å². The zero-order chi connectivity index (χ0) is 17.7. The van der Waals surface area contributed by atoms with Crippen molar-refractivity contribution in [1.29, 1.82) is 0 Å². The molecule has 0 spiro atoms. The Kier molecular flexibility index (Phi) is 5.81. The average molecular weight is 344 g/mol. The molecule has 0 radical (unpaired) electrons. The summed E-state index contributed by atoms with van der Waals surface area (Å²) in [5.41, 5.74) is 5.48. The number of carbonyl (C=O) groups is 1. The fourth-order valence-electron chi connectivity index (χ4n) is 2.15. The number of carbonyl (C=O) groups excluding carboxylic acids is 1. The maximum Gasteiger partial charge on any atom is 0.251 e. The van der Waals surface area contributed by atoms with Gasteiger partial charge in [-0.25, -0.2) is 5.43 Å². The maximum atomic E-state index is 11.9. The Balaban J connectivity index is 2.02. The van der Waals surface area contributed by atoms with Gasteiger partial charge in [-0.3, -0.25) is 14.6 Å². The second-order valence-corrected chi connectivity index (χ2v) is 6.21. The summed E-state index contributed by atoms with van der Waals surface area (Å²) in [7, 11) is 0. The molecule has 2 rings (SSSR count). The molecule has 0 aliphatic heterocycles. The zero-order valence-corrected chi connectivity index (χ0v) is 14.7. The van der Waals surface area contributed by atoms with Gasteiger partial charge in [0, 0.05) is 11.8 Å². The van der Waals surface area contributed by atoms with E-state index in [1.165, 1.54) is 11.6 Å². The van der Waals surface area contributed by atoms with Crippen molar-refractivity contribution in [2.24, 2.45) is 5.10 Å². The largest absolute Gasteiger partial charge is 0.335 e. The molecular weight excluding hydrogens is 324 g/mol. The number of amides is 1. The number of nitrogens with one attached hydrogen (secondary N) is 3. The number of benzene rings is 1. The standard InChI is InChI=1S/C17H20N4O2S/c1-10(2)12-4-6-13(7-5-12)11(3)20-21-16(23)9-14-8-15(22)19-17(24)18-14/h4-8,10H,9H2,1-3H3,(H,21,23)(H2,18,19,22,24)/b20-11-. The van der Waals surface area contributed by atoms with Gasteiger partial charge in [0.25, 0.3) is 5.56 Å². The van der Waals surface area contributed by atoms with Crippen molar-refractivity contribution >= 4 is 23.8 Å². The molecule has 1 amide bonds. The minimum absolute atomic E-state index is 0.00335. The molecule has 0 atom stereocenters. The lowest BCUT2D eigenvalue weighted by molar-refractivity contribution is -0.120. The van der Waals surface area contributed by atoms with Gasteiger partial charge in [-0.2, -0.15) is 5.10 Å². The summed E-state index contributed by atoms with van der Waals surface area (Å²) in [6, 6.07) is 9.37. The monoisotopic (exact) mass is 344 g/mol. The highest BCUT2D eigenvalue weighted by atomic mass is 32.1. The second-order valence-electron chi connectivity index (χ2n) is 5.80. The van der Waals surface area contributed by atoms with Gasteiger partial charge in [-0.05, 0) is 36.2 Å². The number of hydrazone groups is 1. The summed E-state index contributed by atoms with van der Waals surface area (Å²) in [6.07, 6.45) is -0.00335. The Labute approximate surface area is 145 Å². The third-order valence-corrected chi connectivity index (χ3v) is 3.71. The van der Waals surface area contributed by atoms with Crippen LogP contribution in [-0.2, 0) is 11.2 Å². The average Bonchev–Trinajstić information content (AvgIpc) is 2.51. The van der Waals surface area contributed by atoms with Crippen LogP contribution < -0.4 is 11.0 Å². The molecule has 6 nitrogen and oxygen atoms in total. The van der Waals surface area contributed by atoms with Crippen LogP contribution in [0.5, 0.6) is 0 Å². The van der Waals surface area contributed by atoms with E-state index in [9.17, 15) is 9.59 Å². The van der Waals surface area contributed by atoms with Crippen LogP contribution in [0.2, 0.25) is 0 Å². The van der Waals surface area contributed by atoms with Crippen LogP contribution >= 0.6 is 12.2 Å². The van der Waals surface area contributed by atoms with Crippen LogP contribution in [0.15, 0.2) is 40.2 Å². The number of nitrogens with zero attached hydrogens (tertiary/aromatic N) is 1. The van der Waals surface area contributed by atoms with Gasteiger partial charge in [0.05, 0.1) is 12.1 Å². The predicted octanol–water partition coefficient (Wildman–Crippen LogP) is 2.64. The molecule has 0 saturated heterocycles. The minimum atomic E-state index is -0.341. The number of aromatic nitrogens is 2. The Morgan fingerprint density at radius 3 is 2.50 bits per heavy atom. The fraction of sp³-hybridized carbons (Fsp3) is 0.294. The van der Waals surface area contributed by atoms with E-state index >= 15 is 0 Å². The van der Waals surface area contributed by atoms with Gasteiger partial charge in [0.1, 0.15) is 0 Å². The summed E-state index contributed by atoms with van der Waals surface area (Å²) in [6.45, 7) is 6.09. The van der Waals surface area contributed by atoms with E-state index in [1.807, 2.05) is 19.1 Å². The molecular formula is C17H20N4O2S. The van der Waals surface area contributed by atoms with Gasteiger partial charge in [0.15, 0.2) is 4.77 Å². The van der Waals surface area contributed by atoms with Gasteiger partial charge in [-0.1, -0.05) is 38.1 Å². The molecule has 3 N–H and O–H groups in total. The SMILES string of the molecule is C/C(=N/NC(=O)Cc1cc(=O)[nH]c(=S)[nH]1)c1ccc(C(C)C)cc1. The first-order valence-corrected chi connectivity index (χ1v) is 8.02. The van der Waals surface area contributed by atoms with Gasteiger partial charge in [0.2, 0.25) is 5.91 Å². The van der Waals surface area contributed by atoms with Crippen molar-refractivity contribution in [3.63, 3.8) is 0 Å². The van der Waals surface area contributed by atoms with Gasteiger partial charge < -0.3 is 4.98 Å². The van der Waals surface area contributed by atoms with Crippen LogP contribution in [0, 0.1) is 4.77 Å². The van der Waals surface area contributed by atoms with Crippen molar-refractivity contribution in [3.8, 4) is 0 Å². The number of hydrogen-bond acceptors (Lipinski definition) is 4. The highest BCUT2D eigenvalue weighted by molar-refractivity contribution is 7.71. The van der Waals surface area contributed by atoms with E-state index in [0.29, 0.717) is 17.3 Å². The lowest BCUT2D eigenvalue weighted by Gasteiger charge is -2.07. The number of aromatic amines is 2. The third-order valence-electron chi connectivity index (χ3n) is 3.51. The Morgan fingerprint density at radius 2 is 1.92 bits per heavy atom.